The van der Waals surface area contributed by atoms with Crippen molar-refractivity contribution >= 4 is 17.0 Å². The topological polar surface area (TPSA) is 86.7 Å². The summed E-state index contributed by atoms with van der Waals surface area (Å²) >= 11 is 0. The van der Waals surface area contributed by atoms with Crippen LogP contribution in [0.4, 0.5) is 5.82 Å². The summed E-state index contributed by atoms with van der Waals surface area (Å²) in [5.41, 5.74) is 1.48. The third kappa shape index (κ3) is 1.42. The van der Waals surface area contributed by atoms with E-state index in [4.69, 9.17) is 0 Å². The molecule has 78 valence electrons. The van der Waals surface area contributed by atoms with Gasteiger partial charge in [0.05, 0.1) is 12.4 Å². The maximum Gasteiger partial charge on any atom is 0.182 e. The first-order valence-corrected chi connectivity index (χ1v) is 4.91. The molecule has 6 nitrogen and oxygen atoms in total. The molecule has 2 aromatic rings. The van der Waals surface area contributed by atoms with E-state index in [0.29, 0.717) is 11.7 Å². The van der Waals surface area contributed by atoms with Gasteiger partial charge in [-0.25, -0.2) is 15.0 Å². The van der Waals surface area contributed by atoms with E-state index in [1.54, 1.807) is 6.33 Å². The van der Waals surface area contributed by atoms with Crippen molar-refractivity contribution < 1.29 is 5.11 Å². The fourth-order valence-electron chi connectivity index (χ4n) is 1.77. The van der Waals surface area contributed by atoms with Crippen LogP contribution in [0.1, 0.15) is 12.8 Å². The van der Waals surface area contributed by atoms with Crippen molar-refractivity contribution in [3.05, 3.63) is 12.7 Å². The van der Waals surface area contributed by atoms with Gasteiger partial charge in [-0.05, 0) is 12.8 Å². The number of nitrogens with one attached hydrogen (secondary N) is 2. The number of imidazole rings is 1. The Morgan fingerprint density at radius 2 is 2.20 bits per heavy atom. The van der Waals surface area contributed by atoms with E-state index >= 15 is 0 Å². The lowest BCUT2D eigenvalue weighted by Crippen LogP contribution is -2.39. The molecule has 1 saturated carbocycles. The standard InChI is InChI=1S/C9H11N5O/c15-6-1-5(2-6)14-9-7-8(11-3-10-7)12-4-13-9/h3-6,15H,1-2H2,(H2,10,11,12,13,14). The number of aliphatic hydroxyl groups excluding tert-OH is 1. The van der Waals surface area contributed by atoms with Crippen molar-refractivity contribution in [1.82, 2.24) is 19.9 Å². The summed E-state index contributed by atoms with van der Waals surface area (Å²) < 4.78 is 0. The average Bonchev–Trinajstić information content (AvgIpc) is 2.64. The van der Waals surface area contributed by atoms with Crippen LogP contribution < -0.4 is 5.32 Å². The minimum Gasteiger partial charge on any atom is -0.393 e. The number of aliphatic hydroxyl groups is 1. The Labute approximate surface area is 85.8 Å². The summed E-state index contributed by atoms with van der Waals surface area (Å²) in [6, 6.07) is 0.307. The van der Waals surface area contributed by atoms with E-state index in [2.05, 4.69) is 25.3 Å². The molecule has 0 aromatic carbocycles. The molecule has 1 aliphatic carbocycles. The Hall–Kier alpha value is -1.69. The van der Waals surface area contributed by atoms with Crippen LogP contribution in [0.25, 0.3) is 11.2 Å². The largest absolute Gasteiger partial charge is 0.393 e. The van der Waals surface area contributed by atoms with Crippen LogP contribution in [0.5, 0.6) is 0 Å². The van der Waals surface area contributed by atoms with Gasteiger partial charge in [0.1, 0.15) is 11.8 Å². The smallest absolute Gasteiger partial charge is 0.182 e. The zero-order valence-corrected chi connectivity index (χ0v) is 8.01. The summed E-state index contributed by atoms with van der Waals surface area (Å²) in [5, 5.41) is 12.4. The summed E-state index contributed by atoms with van der Waals surface area (Å²) in [7, 11) is 0. The number of H-pyrrole nitrogens is 1. The number of aromatic amines is 1. The van der Waals surface area contributed by atoms with Crippen molar-refractivity contribution in [3.8, 4) is 0 Å². The highest BCUT2D eigenvalue weighted by atomic mass is 16.3. The minimum absolute atomic E-state index is 0.165. The van der Waals surface area contributed by atoms with Crippen LogP contribution in [0.15, 0.2) is 12.7 Å². The summed E-state index contributed by atoms with van der Waals surface area (Å²) in [6.07, 6.45) is 4.47. The van der Waals surface area contributed by atoms with Crippen molar-refractivity contribution in [2.24, 2.45) is 0 Å². The Kier molecular flexibility index (Phi) is 1.81. The van der Waals surface area contributed by atoms with Crippen LogP contribution in [0.2, 0.25) is 0 Å². The van der Waals surface area contributed by atoms with Gasteiger partial charge in [0.2, 0.25) is 0 Å². The molecule has 0 spiro atoms. The third-order valence-electron chi connectivity index (χ3n) is 2.68. The molecule has 0 saturated heterocycles. The molecule has 15 heavy (non-hydrogen) atoms. The molecule has 0 aliphatic heterocycles. The van der Waals surface area contributed by atoms with E-state index < -0.39 is 0 Å². The van der Waals surface area contributed by atoms with Gasteiger partial charge in [0.25, 0.3) is 0 Å². The second-order valence-electron chi connectivity index (χ2n) is 3.79. The number of aromatic nitrogens is 4. The first kappa shape index (κ1) is 8.60. The molecule has 0 radical (unpaired) electrons. The first-order chi connectivity index (χ1) is 7.33. The molecule has 0 amide bonds. The van der Waals surface area contributed by atoms with Crippen molar-refractivity contribution in [3.63, 3.8) is 0 Å². The Balaban J connectivity index is 1.87. The predicted molar refractivity (Wildman–Crippen MR) is 54.3 cm³/mol. The van der Waals surface area contributed by atoms with E-state index in [1.165, 1.54) is 6.33 Å². The van der Waals surface area contributed by atoms with Crippen molar-refractivity contribution in [1.29, 1.82) is 0 Å². The highest BCUT2D eigenvalue weighted by molar-refractivity contribution is 5.82. The number of nitrogens with zero attached hydrogens (tertiary/aromatic N) is 3. The number of anilines is 1. The maximum absolute atomic E-state index is 9.18. The second-order valence-corrected chi connectivity index (χ2v) is 3.79. The lowest BCUT2D eigenvalue weighted by atomic mass is 9.89. The highest BCUT2D eigenvalue weighted by Crippen LogP contribution is 2.25. The van der Waals surface area contributed by atoms with Gasteiger partial charge < -0.3 is 15.4 Å². The Morgan fingerprint density at radius 3 is 3.00 bits per heavy atom. The van der Waals surface area contributed by atoms with Gasteiger partial charge in [0.15, 0.2) is 11.5 Å². The van der Waals surface area contributed by atoms with Gasteiger partial charge in [-0.1, -0.05) is 0 Å². The van der Waals surface area contributed by atoms with Crippen LogP contribution in [-0.4, -0.2) is 37.2 Å². The SMILES string of the molecule is OC1CC(Nc2ncnc3nc[nH]c23)C1. The van der Waals surface area contributed by atoms with Gasteiger partial charge in [-0.2, -0.15) is 0 Å². The molecule has 6 heteroatoms. The Morgan fingerprint density at radius 1 is 1.33 bits per heavy atom. The predicted octanol–water partition coefficient (Wildman–Crippen LogP) is 0.288. The highest BCUT2D eigenvalue weighted by Gasteiger charge is 2.27. The van der Waals surface area contributed by atoms with E-state index in [-0.39, 0.29) is 6.10 Å². The molecular formula is C9H11N5O. The third-order valence-corrected chi connectivity index (χ3v) is 2.68. The second kappa shape index (κ2) is 3.16. The maximum atomic E-state index is 9.18. The quantitative estimate of drug-likeness (QED) is 0.656. The van der Waals surface area contributed by atoms with Crippen molar-refractivity contribution in [2.45, 2.75) is 25.0 Å². The van der Waals surface area contributed by atoms with Gasteiger partial charge >= 0.3 is 0 Å². The van der Waals surface area contributed by atoms with Gasteiger partial charge in [-0.15, -0.1) is 0 Å². The molecular weight excluding hydrogens is 194 g/mol. The van der Waals surface area contributed by atoms with Crippen molar-refractivity contribution in [2.75, 3.05) is 5.32 Å². The number of hydrogen-bond donors (Lipinski definition) is 3. The van der Waals surface area contributed by atoms with Crippen LogP contribution in [-0.2, 0) is 0 Å². The molecule has 1 aliphatic rings. The van der Waals surface area contributed by atoms with Gasteiger partial charge in [0, 0.05) is 6.04 Å². The normalized spacial score (nSPS) is 25.1. The molecule has 2 heterocycles. The summed E-state index contributed by atoms with van der Waals surface area (Å²) in [6.45, 7) is 0. The fourth-order valence-corrected chi connectivity index (χ4v) is 1.77. The monoisotopic (exact) mass is 205 g/mol. The lowest BCUT2D eigenvalue weighted by Gasteiger charge is -2.32. The van der Waals surface area contributed by atoms with Crippen LogP contribution >= 0.6 is 0 Å². The molecule has 1 fully saturated rings. The van der Waals surface area contributed by atoms with E-state index in [9.17, 15) is 5.11 Å². The summed E-state index contributed by atoms with van der Waals surface area (Å²) in [5.74, 6) is 0.759. The first-order valence-electron chi connectivity index (χ1n) is 4.91. The molecule has 0 unspecified atom stereocenters. The fraction of sp³-hybridized carbons (Fsp3) is 0.444. The molecule has 3 rings (SSSR count). The van der Waals surface area contributed by atoms with Crippen LogP contribution in [0, 0.1) is 0 Å². The van der Waals surface area contributed by atoms with E-state index in [1.807, 2.05) is 0 Å². The molecule has 2 aromatic heterocycles. The average molecular weight is 205 g/mol. The Bertz CT molecular complexity index is 476. The van der Waals surface area contributed by atoms with Crippen LogP contribution in [0.3, 0.4) is 0 Å². The molecule has 0 bridgehead atoms. The van der Waals surface area contributed by atoms with Gasteiger partial charge in [-0.3, -0.25) is 0 Å². The van der Waals surface area contributed by atoms with E-state index in [0.717, 1.165) is 24.2 Å². The minimum atomic E-state index is -0.165. The number of fused-ring (bicyclic) bond motifs is 1. The zero-order valence-electron chi connectivity index (χ0n) is 8.01. The molecule has 3 N–H and O–H groups in total. The zero-order chi connectivity index (χ0) is 10.3. The molecule has 0 atom stereocenters. The number of hydrogen-bond acceptors (Lipinski definition) is 5. The lowest BCUT2D eigenvalue weighted by molar-refractivity contribution is 0.0836. The number of rotatable bonds is 2. The summed E-state index contributed by atoms with van der Waals surface area (Å²) in [4.78, 5) is 15.2.